The molecule has 0 radical (unpaired) electrons. The first kappa shape index (κ1) is 37.0. The lowest BCUT2D eigenvalue weighted by molar-refractivity contribution is -0.437. The molecule has 4 fully saturated rings. The van der Waals surface area contributed by atoms with Gasteiger partial charge in [-0.05, 0) is 0 Å². The minimum Gasteiger partial charge on any atom is -0.394 e. The Morgan fingerprint density at radius 2 is 0.800 bits per heavy atom. The molecule has 21 heteroatoms. The van der Waals surface area contributed by atoms with Crippen LogP contribution in [0.25, 0.3) is 0 Å². The van der Waals surface area contributed by atoms with Crippen molar-refractivity contribution < 1.29 is 105 Å². The number of hydrogen-bond acceptors (Lipinski definition) is 21. The van der Waals surface area contributed by atoms with Gasteiger partial charge in [-0.3, -0.25) is 0 Å². The van der Waals surface area contributed by atoms with Gasteiger partial charge in [-0.25, -0.2) is 0 Å². The first-order valence-electron chi connectivity index (χ1n) is 14.1. The van der Waals surface area contributed by atoms with Crippen molar-refractivity contribution in [3.8, 4) is 0 Å². The maximum atomic E-state index is 11.7. The van der Waals surface area contributed by atoms with E-state index in [0.29, 0.717) is 0 Å². The number of ether oxygens (including phenoxy) is 6. The fraction of sp³-hybridized carbons (Fsp3) is 1.00. The highest BCUT2D eigenvalue weighted by molar-refractivity contribution is 5.14. The summed E-state index contributed by atoms with van der Waals surface area (Å²) in [6.45, 7) is -3.95. The summed E-state index contributed by atoms with van der Waals surface area (Å²) in [6, 6.07) is 0. The second kappa shape index (κ2) is 14.7. The number of aliphatic hydroxyl groups excluding tert-OH is 15. The largest absolute Gasteiger partial charge is 0.394 e. The van der Waals surface area contributed by atoms with Gasteiger partial charge in [-0.2, -0.15) is 0 Å². The van der Waals surface area contributed by atoms with Crippen molar-refractivity contribution in [3.05, 3.63) is 0 Å². The molecule has 0 aliphatic carbocycles. The molecule has 0 spiro atoms. The molecule has 4 heterocycles. The van der Waals surface area contributed by atoms with Gasteiger partial charge in [0.15, 0.2) is 24.5 Å². The van der Waals surface area contributed by atoms with Gasteiger partial charge in [-0.15, -0.1) is 0 Å². The summed E-state index contributed by atoms with van der Waals surface area (Å²) in [4.78, 5) is 0. The van der Waals surface area contributed by atoms with E-state index in [-0.39, 0.29) is 0 Å². The van der Waals surface area contributed by atoms with Crippen LogP contribution < -0.4 is 0 Å². The van der Waals surface area contributed by atoms with Gasteiger partial charge >= 0.3 is 0 Å². The normalized spacial score (nSPS) is 54.6. The van der Waals surface area contributed by atoms with Crippen LogP contribution in [0.2, 0.25) is 0 Å². The zero-order valence-electron chi connectivity index (χ0n) is 23.5. The Kier molecular flexibility index (Phi) is 12.1. The third-order valence-corrected chi connectivity index (χ3v) is 8.65. The van der Waals surface area contributed by atoms with Crippen LogP contribution >= 0.6 is 0 Å². The van der Waals surface area contributed by atoms with E-state index in [2.05, 4.69) is 0 Å². The van der Waals surface area contributed by atoms with E-state index >= 15 is 0 Å². The first-order valence-corrected chi connectivity index (χ1v) is 14.1. The molecule has 15 N–H and O–H groups in total. The Morgan fingerprint density at radius 3 is 1.29 bits per heavy atom. The SMILES string of the molecule is OC[C@H]1O[C@H](O[C@H]2O[C@H](CO)[C@@H](O)[C@@](OC3O[C@H](CO)[C@@H](O)[C@H](O)[C@H]3O)(C3O[C@H](CO)[C@@H](O)[C@H](O)[C@H]3O)[C@H]2O)[C@H](O)[C@@H](O)[C@@H]1O. The van der Waals surface area contributed by atoms with Gasteiger partial charge in [0.25, 0.3) is 0 Å². The summed E-state index contributed by atoms with van der Waals surface area (Å²) >= 11 is 0. The van der Waals surface area contributed by atoms with Gasteiger partial charge in [0, 0.05) is 0 Å². The Bertz CT molecular complexity index is 943. The predicted molar refractivity (Wildman–Crippen MR) is 134 cm³/mol. The summed E-state index contributed by atoms with van der Waals surface area (Å²) in [5.41, 5.74) is -3.02. The van der Waals surface area contributed by atoms with E-state index in [1.807, 2.05) is 0 Å². The molecule has 21 nitrogen and oxygen atoms in total. The molecule has 20 atom stereocenters. The monoisotopic (exact) mass is 666 g/mol. The van der Waals surface area contributed by atoms with Crippen molar-refractivity contribution in [2.24, 2.45) is 0 Å². The van der Waals surface area contributed by atoms with E-state index in [4.69, 9.17) is 28.4 Å². The second-order valence-corrected chi connectivity index (χ2v) is 11.4. The number of hydrogen-bond donors (Lipinski definition) is 15. The van der Waals surface area contributed by atoms with Crippen molar-refractivity contribution >= 4 is 0 Å². The van der Waals surface area contributed by atoms with Gasteiger partial charge in [-0.1, -0.05) is 0 Å². The third-order valence-electron chi connectivity index (χ3n) is 8.65. The van der Waals surface area contributed by atoms with Gasteiger partial charge < -0.3 is 105 Å². The molecule has 4 aliphatic heterocycles. The average Bonchev–Trinajstić information content (AvgIpc) is 3.03. The topological polar surface area (TPSA) is 359 Å². The van der Waals surface area contributed by atoms with Crippen molar-refractivity contribution in [3.63, 3.8) is 0 Å². The standard InChI is InChI=1S/C24H42O21/c25-1-5-9(29)12(32)15(35)20(40-5)24(45-22-17(37)14(34)11(31)7(3-27)42-22)18(38)8(4-28)43-23(19(24)39)44-21-16(36)13(33)10(30)6(2-26)41-21/h5-23,25-39H,1-4H2/t5-,6-,7-,8-,9-,10-,11-,12+,13+,14+,15-,16-,17-,18-,19+,20?,21-,22?,23-,24+/m1/s1. The van der Waals surface area contributed by atoms with Crippen LogP contribution in [-0.4, -0.2) is 225 Å². The van der Waals surface area contributed by atoms with Gasteiger partial charge in [0.2, 0.25) is 0 Å². The Morgan fingerprint density at radius 1 is 0.400 bits per heavy atom. The molecule has 0 bridgehead atoms. The lowest BCUT2D eigenvalue weighted by atomic mass is 9.74. The van der Waals surface area contributed by atoms with Crippen LogP contribution in [0.3, 0.4) is 0 Å². The third kappa shape index (κ3) is 6.49. The Hall–Kier alpha value is -0.840. The first-order chi connectivity index (χ1) is 21.2. The quantitative estimate of drug-likeness (QED) is 0.109. The van der Waals surface area contributed by atoms with E-state index in [9.17, 15) is 76.6 Å². The van der Waals surface area contributed by atoms with Crippen LogP contribution in [0.15, 0.2) is 0 Å². The lowest BCUT2D eigenvalue weighted by Gasteiger charge is -2.58. The molecule has 0 aromatic carbocycles. The van der Waals surface area contributed by atoms with E-state index in [1.54, 1.807) is 0 Å². The van der Waals surface area contributed by atoms with Crippen LogP contribution in [0, 0.1) is 0 Å². The maximum Gasteiger partial charge on any atom is 0.190 e. The summed E-state index contributed by atoms with van der Waals surface area (Å²) < 4.78 is 33.0. The van der Waals surface area contributed by atoms with Crippen LogP contribution in [0.4, 0.5) is 0 Å². The fourth-order valence-electron chi connectivity index (χ4n) is 5.94. The van der Waals surface area contributed by atoms with Crippen LogP contribution in [0.1, 0.15) is 0 Å². The molecule has 4 aliphatic rings. The summed E-state index contributed by atoms with van der Waals surface area (Å²) in [6.07, 6.45) is -38.7. The zero-order valence-corrected chi connectivity index (χ0v) is 23.5. The van der Waals surface area contributed by atoms with Crippen molar-refractivity contribution in [1.29, 1.82) is 0 Å². The molecule has 0 aromatic rings. The van der Waals surface area contributed by atoms with E-state index in [1.165, 1.54) is 0 Å². The number of aliphatic hydroxyl groups is 15. The Labute approximate surface area is 254 Å². The highest BCUT2D eigenvalue weighted by Gasteiger charge is 2.68. The second-order valence-electron chi connectivity index (χ2n) is 11.4. The molecule has 0 saturated carbocycles. The molecule has 4 saturated heterocycles. The molecule has 2 unspecified atom stereocenters. The summed E-state index contributed by atoms with van der Waals surface area (Å²) in [5, 5.41) is 156. The van der Waals surface area contributed by atoms with E-state index in [0.717, 1.165) is 0 Å². The Balaban J connectivity index is 1.80. The van der Waals surface area contributed by atoms with Crippen molar-refractivity contribution in [1.82, 2.24) is 0 Å². The molecular formula is C24H42O21. The molecule has 0 amide bonds. The highest BCUT2D eigenvalue weighted by atomic mass is 16.8. The van der Waals surface area contributed by atoms with Gasteiger partial charge in [0.1, 0.15) is 97.7 Å². The smallest absolute Gasteiger partial charge is 0.190 e. The number of rotatable bonds is 9. The molecule has 4 rings (SSSR count). The molecule has 264 valence electrons. The molecule has 45 heavy (non-hydrogen) atoms. The zero-order chi connectivity index (χ0) is 33.5. The summed E-state index contributed by atoms with van der Waals surface area (Å²) in [5.74, 6) is 0. The van der Waals surface area contributed by atoms with E-state index < -0.39 is 149 Å². The fourth-order valence-corrected chi connectivity index (χ4v) is 5.94. The average molecular weight is 667 g/mol. The van der Waals surface area contributed by atoms with Crippen molar-refractivity contribution in [2.45, 2.75) is 122 Å². The summed E-state index contributed by atoms with van der Waals surface area (Å²) in [7, 11) is 0. The predicted octanol–water partition coefficient (Wildman–Crippen LogP) is -10.4. The molecular weight excluding hydrogens is 624 g/mol. The van der Waals surface area contributed by atoms with Crippen LogP contribution in [-0.2, 0) is 28.4 Å². The minimum atomic E-state index is -3.02. The lowest BCUT2D eigenvalue weighted by Crippen LogP contribution is -2.80. The van der Waals surface area contributed by atoms with Crippen molar-refractivity contribution in [2.75, 3.05) is 26.4 Å². The molecule has 0 aromatic heterocycles. The highest BCUT2D eigenvalue weighted by Crippen LogP contribution is 2.44. The maximum absolute atomic E-state index is 11.7. The minimum absolute atomic E-state index is 0.883. The van der Waals surface area contributed by atoms with Gasteiger partial charge in [0.05, 0.1) is 26.4 Å². The van der Waals surface area contributed by atoms with Crippen LogP contribution in [0.5, 0.6) is 0 Å².